The Kier molecular flexibility index (Phi) is 4.47. The summed E-state index contributed by atoms with van der Waals surface area (Å²) in [5, 5.41) is 12.7. The topological polar surface area (TPSA) is 45.5 Å². The molecule has 1 heterocycles. The molecule has 3 nitrogen and oxygen atoms in total. The highest BCUT2D eigenvalue weighted by Crippen LogP contribution is 2.28. The second-order valence-electron chi connectivity index (χ2n) is 4.27. The third kappa shape index (κ3) is 3.95. The molecule has 1 aromatic carbocycles. The molecule has 1 aromatic heterocycles. The summed E-state index contributed by atoms with van der Waals surface area (Å²) in [6.07, 6.45) is -3.58. The van der Waals surface area contributed by atoms with Gasteiger partial charge in [-0.25, -0.2) is 0 Å². The first-order valence-corrected chi connectivity index (χ1v) is 6.27. The van der Waals surface area contributed by atoms with Gasteiger partial charge in [-0.2, -0.15) is 13.2 Å². The largest absolute Gasteiger partial charge is 0.417 e. The first kappa shape index (κ1) is 15.3. The zero-order valence-electron chi connectivity index (χ0n) is 10.6. The van der Waals surface area contributed by atoms with E-state index in [0.29, 0.717) is 16.3 Å². The Labute approximate surface area is 123 Å². The molecular weight excluding hydrogens is 305 g/mol. The van der Waals surface area contributed by atoms with E-state index in [9.17, 15) is 13.2 Å². The van der Waals surface area contributed by atoms with Crippen LogP contribution in [0.1, 0.15) is 16.8 Å². The summed E-state index contributed by atoms with van der Waals surface area (Å²) in [7, 11) is 0. The second kappa shape index (κ2) is 6.13. The molecule has 2 rings (SSSR count). The molecule has 0 fully saturated rings. The van der Waals surface area contributed by atoms with Crippen molar-refractivity contribution in [2.24, 2.45) is 5.16 Å². The van der Waals surface area contributed by atoms with E-state index in [1.165, 1.54) is 6.07 Å². The van der Waals surface area contributed by atoms with Crippen LogP contribution in [0.15, 0.2) is 47.8 Å². The van der Waals surface area contributed by atoms with E-state index in [1.807, 2.05) is 0 Å². The molecule has 21 heavy (non-hydrogen) atoms. The number of alkyl halides is 3. The fourth-order valence-corrected chi connectivity index (χ4v) is 1.92. The molecule has 0 aliphatic heterocycles. The number of halogens is 4. The molecule has 0 radical (unpaired) electrons. The lowest BCUT2D eigenvalue weighted by molar-refractivity contribution is -0.137. The van der Waals surface area contributed by atoms with Gasteiger partial charge in [0.15, 0.2) is 0 Å². The first-order chi connectivity index (χ1) is 9.90. The highest BCUT2D eigenvalue weighted by Gasteiger charge is 2.30. The number of oxime groups is 1. The molecule has 0 unspecified atom stereocenters. The lowest BCUT2D eigenvalue weighted by Gasteiger charge is -2.08. The molecule has 2 aromatic rings. The predicted molar refractivity (Wildman–Crippen MR) is 72.7 cm³/mol. The average molecular weight is 315 g/mol. The lowest BCUT2D eigenvalue weighted by Crippen LogP contribution is -2.09. The number of hydrogen-bond acceptors (Lipinski definition) is 3. The van der Waals surface area contributed by atoms with Crippen LogP contribution in [0.25, 0.3) is 0 Å². The van der Waals surface area contributed by atoms with Crippen molar-refractivity contribution in [2.75, 3.05) is 0 Å². The number of benzene rings is 1. The van der Waals surface area contributed by atoms with Crippen molar-refractivity contribution >= 4 is 17.3 Å². The molecule has 0 saturated carbocycles. The smallest absolute Gasteiger partial charge is 0.411 e. The van der Waals surface area contributed by atoms with Crippen LogP contribution >= 0.6 is 11.6 Å². The summed E-state index contributed by atoms with van der Waals surface area (Å²) in [6, 6.07) is 8.82. The normalized spacial score (nSPS) is 12.5. The molecule has 1 N–H and O–H groups in total. The van der Waals surface area contributed by atoms with Crippen LogP contribution in [-0.2, 0) is 12.6 Å². The minimum Gasteiger partial charge on any atom is -0.411 e. The maximum Gasteiger partial charge on any atom is 0.417 e. The summed E-state index contributed by atoms with van der Waals surface area (Å²) >= 11 is 5.84. The Morgan fingerprint density at radius 3 is 2.52 bits per heavy atom. The average Bonchev–Trinajstić information content (AvgIpc) is 2.44. The molecule has 0 aliphatic rings. The summed E-state index contributed by atoms with van der Waals surface area (Å²) in [4.78, 5) is 3.74. The highest BCUT2D eigenvalue weighted by atomic mass is 35.5. The number of hydrogen-bond donors (Lipinski definition) is 1. The summed E-state index contributed by atoms with van der Waals surface area (Å²) in [5.41, 5.74) is 0.378. The van der Waals surface area contributed by atoms with E-state index in [0.717, 1.165) is 12.3 Å². The molecule has 7 heteroatoms. The SMILES string of the molecule is ON=C(Cc1ccc(C(F)(F)F)cn1)c1cccc(Cl)c1. The van der Waals surface area contributed by atoms with Gasteiger partial charge < -0.3 is 5.21 Å². The Balaban J connectivity index is 2.20. The number of nitrogens with zero attached hydrogens (tertiary/aromatic N) is 2. The van der Waals surface area contributed by atoms with Crippen LogP contribution in [-0.4, -0.2) is 15.9 Å². The van der Waals surface area contributed by atoms with Crippen molar-refractivity contribution in [3.05, 3.63) is 64.4 Å². The van der Waals surface area contributed by atoms with E-state index in [2.05, 4.69) is 10.1 Å². The van der Waals surface area contributed by atoms with E-state index in [4.69, 9.17) is 16.8 Å². The van der Waals surface area contributed by atoms with Crippen LogP contribution in [0, 0.1) is 0 Å². The van der Waals surface area contributed by atoms with Gasteiger partial charge in [0, 0.05) is 28.9 Å². The van der Waals surface area contributed by atoms with Crippen molar-refractivity contribution in [3.8, 4) is 0 Å². The van der Waals surface area contributed by atoms with Gasteiger partial charge in [-0.05, 0) is 24.3 Å². The van der Waals surface area contributed by atoms with Gasteiger partial charge in [0.2, 0.25) is 0 Å². The standard InChI is InChI=1S/C14H10ClF3N2O/c15-11-3-1-2-9(6-11)13(20-21)7-12-5-4-10(8-19-12)14(16,17)18/h1-6,8,21H,7H2. The minimum absolute atomic E-state index is 0.0922. The van der Waals surface area contributed by atoms with E-state index in [-0.39, 0.29) is 12.1 Å². The van der Waals surface area contributed by atoms with Gasteiger partial charge in [0.05, 0.1) is 11.3 Å². The Hall–Kier alpha value is -2.08. The quantitative estimate of drug-likeness (QED) is 0.525. The fourth-order valence-electron chi connectivity index (χ4n) is 1.73. The molecule has 0 atom stereocenters. The van der Waals surface area contributed by atoms with Crippen molar-refractivity contribution in [3.63, 3.8) is 0 Å². The van der Waals surface area contributed by atoms with Crippen LogP contribution in [0.5, 0.6) is 0 Å². The molecule has 0 spiro atoms. The predicted octanol–water partition coefficient (Wildman–Crippen LogP) is 4.17. The zero-order chi connectivity index (χ0) is 15.5. The maximum absolute atomic E-state index is 12.4. The molecule has 110 valence electrons. The molecule has 0 amide bonds. The van der Waals surface area contributed by atoms with Crippen LogP contribution in [0.2, 0.25) is 5.02 Å². The number of rotatable bonds is 3. The van der Waals surface area contributed by atoms with Gasteiger partial charge in [0.25, 0.3) is 0 Å². The van der Waals surface area contributed by atoms with Crippen LogP contribution in [0.4, 0.5) is 13.2 Å². The van der Waals surface area contributed by atoms with Crippen LogP contribution in [0.3, 0.4) is 0 Å². The van der Waals surface area contributed by atoms with Gasteiger partial charge >= 0.3 is 6.18 Å². The third-order valence-electron chi connectivity index (χ3n) is 2.78. The van der Waals surface area contributed by atoms with Crippen molar-refractivity contribution in [2.45, 2.75) is 12.6 Å². The van der Waals surface area contributed by atoms with Crippen molar-refractivity contribution in [1.29, 1.82) is 0 Å². The highest BCUT2D eigenvalue weighted by molar-refractivity contribution is 6.31. The maximum atomic E-state index is 12.4. The van der Waals surface area contributed by atoms with Crippen molar-refractivity contribution in [1.82, 2.24) is 4.98 Å². The van der Waals surface area contributed by atoms with Gasteiger partial charge in [-0.3, -0.25) is 4.98 Å². The van der Waals surface area contributed by atoms with E-state index < -0.39 is 11.7 Å². The summed E-state index contributed by atoms with van der Waals surface area (Å²) in [6.45, 7) is 0. The number of aromatic nitrogens is 1. The molecule has 0 aliphatic carbocycles. The number of pyridine rings is 1. The Morgan fingerprint density at radius 1 is 1.24 bits per heavy atom. The molecule has 0 saturated heterocycles. The summed E-state index contributed by atoms with van der Waals surface area (Å²) in [5.74, 6) is 0. The Bertz CT molecular complexity index is 654. The lowest BCUT2D eigenvalue weighted by atomic mass is 10.1. The third-order valence-corrected chi connectivity index (χ3v) is 3.01. The fraction of sp³-hybridized carbons (Fsp3) is 0.143. The van der Waals surface area contributed by atoms with Gasteiger partial charge in [-0.15, -0.1) is 0 Å². The molecule has 0 bridgehead atoms. The van der Waals surface area contributed by atoms with Crippen molar-refractivity contribution < 1.29 is 18.4 Å². The van der Waals surface area contributed by atoms with E-state index >= 15 is 0 Å². The monoisotopic (exact) mass is 314 g/mol. The minimum atomic E-state index is -4.42. The second-order valence-corrected chi connectivity index (χ2v) is 4.71. The van der Waals surface area contributed by atoms with Gasteiger partial charge in [0.1, 0.15) is 0 Å². The van der Waals surface area contributed by atoms with Gasteiger partial charge in [-0.1, -0.05) is 28.9 Å². The van der Waals surface area contributed by atoms with Crippen LogP contribution < -0.4 is 0 Å². The van der Waals surface area contributed by atoms with E-state index in [1.54, 1.807) is 24.3 Å². The molecular formula is C14H10ClF3N2O. The summed E-state index contributed by atoms with van der Waals surface area (Å²) < 4.78 is 37.3. The Morgan fingerprint density at radius 2 is 2.00 bits per heavy atom. The first-order valence-electron chi connectivity index (χ1n) is 5.89. The zero-order valence-corrected chi connectivity index (χ0v) is 11.4.